The minimum atomic E-state index is 0.0986. The van der Waals surface area contributed by atoms with Crippen LogP contribution in [0.2, 0.25) is 5.02 Å². The Balaban J connectivity index is 1.60. The highest BCUT2D eigenvalue weighted by Gasteiger charge is 2.25. The molecule has 0 radical (unpaired) electrons. The van der Waals surface area contributed by atoms with Gasteiger partial charge in [-0.3, -0.25) is 4.79 Å². The zero-order valence-corrected chi connectivity index (χ0v) is 12.2. The Kier molecular flexibility index (Phi) is 4.06. The maximum absolute atomic E-state index is 11.8. The lowest BCUT2D eigenvalue weighted by atomic mass is 9.85. The van der Waals surface area contributed by atoms with Gasteiger partial charge in [-0.05, 0) is 49.2 Å². The number of hydrogen-bond donors (Lipinski definition) is 2. The van der Waals surface area contributed by atoms with Gasteiger partial charge in [0.2, 0.25) is 5.91 Å². The Bertz CT molecular complexity index is 621. The molecule has 2 aromatic rings. The minimum Gasteiger partial charge on any atom is -0.340 e. The fourth-order valence-electron chi connectivity index (χ4n) is 2.14. The van der Waals surface area contributed by atoms with E-state index >= 15 is 0 Å². The van der Waals surface area contributed by atoms with E-state index in [2.05, 4.69) is 15.6 Å². The normalized spacial score (nSPS) is 14.3. The lowest BCUT2D eigenvalue weighted by Crippen LogP contribution is -2.28. The molecular weight excluding hydrogens is 286 g/mol. The molecule has 108 valence electrons. The predicted molar refractivity (Wildman–Crippen MR) is 84.9 cm³/mol. The lowest BCUT2D eigenvalue weighted by Gasteiger charge is -2.23. The molecule has 1 heterocycles. The minimum absolute atomic E-state index is 0.0986. The third kappa shape index (κ3) is 3.52. The van der Waals surface area contributed by atoms with Gasteiger partial charge < -0.3 is 10.6 Å². The molecule has 4 nitrogen and oxygen atoms in total. The van der Waals surface area contributed by atoms with Crippen molar-refractivity contribution < 1.29 is 4.79 Å². The monoisotopic (exact) mass is 301 g/mol. The Labute approximate surface area is 128 Å². The number of nitrogens with one attached hydrogen (secondary N) is 2. The Hall–Kier alpha value is -2.07. The zero-order chi connectivity index (χ0) is 14.7. The number of carbonyl (C=O) groups excluding carboxylic acids is 1. The predicted octanol–water partition coefficient (Wildman–Crippen LogP) is 4.22. The van der Waals surface area contributed by atoms with Crippen LogP contribution in [0.5, 0.6) is 0 Å². The van der Waals surface area contributed by atoms with E-state index in [0.717, 1.165) is 36.5 Å². The Morgan fingerprint density at radius 3 is 2.38 bits per heavy atom. The molecule has 2 N–H and O–H groups in total. The van der Waals surface area contributed by atoms with Gasteiger partial charge in [-0.15, -0.1) is 0 Å². The summed E-state index contributed by atoms with van der Waals surface area (Å²) in [4.78, 5) is 16.1. The van der Waals surface area contributed by atoms with E-state index in [1.165, 1.54) is 0 Å². The average molecular weight is 302 g/mol. The molecule has 3 rings (SSSR count). The van der Waals surface area contributed by atoms with E-state index in [1.807, 2.05) is 36.4 Å². The van der Waals surface area contributed by atoms with E-state index in [9.17, 15) is 4.79 Å². The van der Waals surface area contributed by atoms with Gasteiger partial charge in [0.05, 0.1) is 11.9 Å². The molecule has 1 amide bonds. The van der Waals surface area contributed by atoms with Crippen LogP contribution in [0.25, 0.3) is 0 Å². The van der Waals surface area contributed by atoms with Crippen molar-refractivity contribution in [3.8, 4) is 0 Å². The van der Waals surface area contributed by atoms with Crippen LogP contribution in [0, 0.1) is 5.92 Å². The summed E-state index contributed by atoms with van der Waals surface area (Å²) in [5.74, 6) is 0.997. The number of rotatable bonds is 4. The maximum Gasteiger partial charge on any atom is 0.227 e. The topological polar surface area (TPSA) is 54.0 Å². The molecule has 1 aromatic carbocycles. The smallest absolute Gasteiger partial charge is 0.227 e. The van der Waals surface area contributed by atoms with Crippen molar-refractivity contribution in [2.24, 2.45) is 5.92 Å². The summed E-state index contributed by atoms with van der Waals surface area (Å²) in [5.41, 5.74) is 1.65. The molecule has 1 aromatic heterocycles. The molecular formula is C16H16ClN3O. The molecule has 0 aliphatic heterocycles. The second kappa shape index (κ2) is 6.14. The molecule has 1 aliphatic rings. The molecule has 0 bridgehead atoms. The Morgan fingerprint density at radius 2 is 1.81 bits per heavy atom. The van der Waals surface area contributed by atoms with Crippen molar-refractivity contribution in [1.29, 1.82) is 0 Å². The van der Waals surface area contributed by atoms with Gasteiger partial charge in [0.1, 0.15) is 5.82 Å². The fraction of sp³-hybridized carbons (Fsp3) is 0.250. The average Bonchev–Trinajstić information content (AvgIpc) is 2.41. The SMILES string of the molecule is O=C(Nc1ccc(Nc2ccc(Cl)cc2)nc1)C1CCC1. The number of nitrogens with zero attached hydrogens (tertiary/aromatic N) is 1. The van der Waals surface area contributed by atoms with Crippen LogP contribution in [0.15, 0.2) is 42.6 Å². The van der Waals surface area contributed by atoms with Gasteiger partial charge in [-0.2, -0.15) is 0 Å². The molecule has 1 aliphatic carbocycles. The van der Waals surface area contributed by atoms with E-state index in [4.69, 9.17) is 11.6 Å². The standard InChI is InChI=1S/C16H16ClN3O/c17-12-4-6-13(7-5-12)19-15-9-8-14(10-18-15)20-16(21)11-2-1-3-11/h4-11H,1-3H2,(H,18,19)(H,20,21). The van der Waals surface area contributed by atoms with E-state index in [-0.39, 0.29) is 11.8 Å². The van der Waals surface area contributed by atoms with Gasteiger partial charge in [0.15, 0.2) is 0 Å². The highest BCUT2D eigenvalue weighted by atomic mass is 35.5. The first-order valence-corrected chi connectivity index (χ1v) is 7.38. The van der Waals surface area contributed by atoms with Crippen molar-refractivity contribution in [2.75, 3.05) is 10.6 Å². The molecule has 0 unspecified atom stereocenters. The number of amides is 1. The summed E-state index contributed by atoms with van der Waals surface area (Å²) in [5, 5.41) is 6.77. The van der Waals surface area contributed by atoms with Crippen LogP contribution in [-0.4, -0.2) is 10.9 Å². The number of anilines is 3. The van der Waals surface area contributed by atoms with Crippen LogP contribution >= 0.6 is 11.6 Å². The summed E-state index contributed by atoms with van der Waals surface area (Å²) < 4.78 is 0. The molecule has 0 spiro atoms. The Morgan fingerprint density at radius 1 is 1.10 bits per heavy atom. The first-order valence-electron chi connectivity index (χ1n) is 7.00. The van der Waals surface area contributed by atoms with Crippen LogP contribution in [-0.2, 0) is 4.79 Å². The largest absolute Gasteiger partial charge is 0.340 e. The van der Waals surface area contributed by atoms with Gasteiger partial charge in [0.25, 0.3) is 0 Å². The van der Waals surface area contributed by atoms with Crippen molar-refractivity contribution in [2.45, 2.75) is 19.3 Å². The van der Waals surface area contributed by atoms with E-state index < -0.39 is 0 Å². The summed E-state index contributed by atoms with van der Waals surface area (Å²) in [7, 11) is 0. The van der Waals surface area contributed by atoms with Crippen molar-refractivity contribution in [3.05, 3.63) is 47.6 Å². The maximum atomic E-state index is 11.8. The number of halogens is 1. The first-order chi connectivity index (χ1) is 10.2. The first kappa shape index (κ1) is 13.9. The molecule has 5 heteroatoms. The molecule has 0 atom stereocenters. The summed E-state index contributed by atoms with van der Waals surface area (Å²) in [6, 6.07) is 11.1. The van der Waals surface area contributed by atoms with Crippen LogP contribution in [0.3, 0.4) is 0 Å². The number of benzene rings is 1. The van der Waals surface area contributed by atoms with Crippen molar-refractivity contribution in [3.63, 3.8) is 0 Å². The second-order valence-corrected chi connectivity index (χ2v) is 5.62. The van der Waals surface area contributed by atoms with E-state index in [1.54, 1.807) is 6.20 Å². The van der Waals surface area contributed by atoms with E-state index in [0.29, 0.717) is 5.02 Å². The third-order valence-electron chi connectivity index (χ3n) is 3.62. The van der Waals surface area contributed by atoms with Crippen LogP contribution < -0.4 is 10.6 Å². The molecule has 1 fully saturated rings. The van der Waals surface area contributed by atoms with Gasteiger partial charge >= 0.3 is 0 Å². The summed E-state index contributed by atoms with van der Waals surface area (Å²) in [6.45, 7) is 0. The quantitative estimate of drug-likeness (QED) is 0.889. The van der Waals surface area contributed by atoms with Crippen molar-refractivity contribution in [1.82, 2.24) is 4.98 Å². The number of carbonyl (C=O) groups is 1. The zero-order valence-electron chi connectivity index (χ0n) is 11.5. The van der Waals surface area contributed by atoms with Gasteiger partial charge in [0, 0.05) is 16.6 Å². The number of aromatic nitrogens is 1. The van der Waals surface area contributed by atoms with Crippen molar-refractivity contribution >= 4 is 34.7 Å². The summed E-state index contributed by atoms with van der Waals surface area (Å²) >= 11 is 5.84. The highest BCUT2D eigenvalue weighted by Crippen LogP contribution is 2.27. The van der Waals surface area contributed by atoms with Gasteiger partial charge in [-0.1, -0.05) is 18.0 Å². The van der Waals surface area contributed by atoms with Crippen LogP contribution in [0.4, 0.5) is 17.2 Å². The molecule has 1 saturated carbocycles. The molecule has 21 heavy (non-hydrogen) atoms. The lowest BCUT2D eigenvalue weighted by molar-refractivity contribution is -0.122. The number of hydrogen-bond acceptors (Lipinski definition) is 3. The molecule has 0 saturated heterocycles. The van der Waals surface area contributed by atoms with Crippen LogP contribution in [0.1, 0.15) is 19.3 Å². The number of pyridine rings is 1. The fourth-order valence-corrected chi connectivity index (χ4v) is 2.26. The summed E-state index contributed by atoms with van der Waals surface area (Å²) in [6.07, 6.45) is 4.81. The van der Waals surface area contributed by atoms with Gasteiger partial charge in [-0.25, -0.2) is 4.98 Å². The third-order valence-corrected chi connectivity index (χ3v) is 3.88. The highest BCUT2D eigenvalue weighted by molar-refractivity contribution is 6.30. The second-order valence-electron chi connectivity index (χ2n) is 5.18.